The molecule has 140 valence electrons. The predicted octanol–water partition coefficient (Wildman–Crippen LogP) is 2.24. The van der Waals surface area contributed by atoms with Crippen LogP contribution in [-0.2, 0) is 17.9 Å². The zero-order chi connectivity index (χ0) is 18.6. The van der Waals surface area contributed by atoms with Gasteiger partial charge in [-0.25, -0.2) is 4.98 Å². The molecule has 7 heteroatoms. The highest BCUT2D eigenvalue weighted by Crippen LogP contribution is 2.27. The van der Waals surface area contributed by atoms with Crippen LogP contribution in [-0.4, -0.2) is 48.2 Å². The van der Waals surface area contributed by atoms with E-state index < -0.39 is 0 Å². The Hall–Kier alpha value is -2.96. The van der Waals surface area contributed by atoms with Crippen molar-refractivity contribution in [2.75, 3.05) is 13.1 Å². The van der Waals surface area contributed by atoms with Gasteiger partial charge in [0.25, 0.3) is 0 Å². The molecular weight excluding hydrogens is 340 g/mol. The van der Waals surface area contributed by atoms with E-state index in [0.717, 1.165) is 44.0 Å². The minimum atomic E-state index is 0.139. The Kier molecular flexibility index (Phi) is 5.00. The number of carbonyl (C=O) groups excluding carboxylic acids is 1. The van der Waals surface area contributed by atoms with Crippen LogP contribution in [0.1, 0.15) is 35.8 Å². The summed E-state index contributed by atoms with van der Waals surface area (Å²) in [6.07, 6.45) is 11.2. The van der Waals surface area contributed by atoms with Crippen molar-refractivity contribution in [3.63, 3.8) is 0 Å². The van der Waals surface area contributed by atoms with Crippen LogP contribution in [0.4, 0.5) is 0 Å². The van der Waals surface area contributed by atoms with Gasteiger partial charge in [0.1, 0.15) is 12.4 Å². The first-order chi connectivity index (χ1) is 13.2. The topological polar surface area (TPSA) is 68.8 Å². The summed E-state index contributed by atoms with van der Waals surface area (Å²) < 4.78 is 3.97. The summed E-state index contributed by atoms with van der Waals surface area (Å²) in [4.78, 5) is 23.2. The highest BCUT2D eigenvalue weighted by Gasteiger charge is 2.26. The molecule has 1 amide bonds. The minimum absolute atomic E-state index is 0.139. The molecule has 0 unspecified atom stereocenters. The zero-order valence-electron chi connectivity index (χ0n) is 15.5. The van der Waals surface area contributed by atoms with Crippen LogP contribution in [0.15, 0.2) is 49.2 Å². The summed E-state index contributed by atoms with van der Waals surface area (Å²) in [5.41, 5.74) is 2.22. The van der Waals surface area contributed by atoms with E-state index in [9.17, 15) is 4.79 Å². The number of aryl methyl sites for hydroxylation is 1. The van der Waals surface area contributed by atoms with Gasteiger partial charge in [0, 0.05) is 62.2 Å². The number of amides is 1. The third kappa shape index (κ3) is 3.92. The van der Waals surface area contributed by atoms with Crippen molar-refractivity contribution in [2.45, 2.75) is 38.8 Å². The van der Waals surface area contributed by atoms with E-state index in [2.05, 4.69) is 19.6 Å². The van der Waals surface area contributed by atoms with Gasteiger partial charge in [-0.1, -0.05) is 0 Å². The van der Waals surface area contributed by atoms with Gasteiger partial charge in [0.2, 0.25) is 5.91 Å². The molecule has 0 spiro atoms. The van der Waals surface area contributed by atoms with Gasteiger partial charge >= 0.3 is 0 Å². The van der Waals surface area contributed by atoms with Gasteiger partial charge in [-0.2, -0.15) is 5.10 Å². The summed E-state index contributed by atoms with van der Waals surface area (Å²) in [5, 5.41) is 4.21. The SMILES string of the molecule is Cc1ccnn1CC(=O)N1CCC(c2nccn2Cc2ccncc2)CC1. The molecule has 27 heavy (non-hydrogen) atoms. The molecule has 1 aliphatic rings. The van der Waals surface area contributed by atoms with Crippen LogP contribution in [0, 0.1) is 6.92 Å². The molecule has 1 saturated heterocycles. The van der Waals surface area contributed by atoms with Crippen LogP contribution >= 0.6 is 0 Å². The van der Waals surface area contributed by atoms with E-state index in [1.54, 1.807) is 10.9 Å². The Morgan fingerprint density at radius 1 is 1.11 bits per heavy atom. The molecule has 0 aliphatic carbocycles. The lowest BCUT2D eigenvalue weighted by Gasteiger charge is -2.32. The van der Waals surface area contributed by atoms with Gasteiger partial charge in [-0.05, 0) is 43.5 Å². The van der Waals surface area contributed by atoms with E-state index in [-0.39, 0.29) is 5.91 Å². The van der Waals surface area contributed by atoms with Crippen molar-refractivity contribution in [3.05, 3.63) is 66.3 Å². The molecule has 0 saturated carbocycles. The Balaban J connectivity index is 1.36. The normalized spacial score (nSPS) is 15.2. The number of hydrogen-bond acceptors (Lipinski definition) is 4. The number of pyridine rings is 1. The Labute approximate surface area is 158 Å². The van der Waals surface area contributed by atoms with Crippen LogP contribution in [0.3, 0.4) is 0 Å². The van der Waals surface area contributed by atoms with Crippen molar-refractivity contribution in [1.29, 1.82) is 0 Å². The van der Waals surface area contributed by atoms with E-state index in [1.807, 2.05) is 54.8 Å². The fourth-order valence-electron chi connectivity index (χ4n) is 3.68. The second-order valence-corrected chi connectivity index (χ2v) is 7.05. The average molecular weight is 364 g/mol. The lowest BCUT2D eigenvalue weighted by atomic mass is 9.95. The second kappa shape index (κ2) is 7.73. The number of aromatic nitrogens is 5. The number of likely N-dealkylation sites (tertiary alicyclic amines) is 1. The number of carbonyl (C=O) groups is 1. The van der Waals surface area contributed by atoms with Crippen LogP contribution < -0.4 is 0 Å². The largest absolute Gasteiger partial charge is 0.341 e. The Morgan fingerprint density at radius 2 is 1.89 bits per heavy atom. The molecule has 4 rings (SSSR count). The summed E-state index contributed by atoms with van der Waals surface area (Å²) in [6.45, 7) is 4.63. The van der Waals surface area contributed by atoms with Gasteiger partial charge in [0.05, 0.1) is 0 Å². The minimum Gasteiger partial charge on any atom is -0.341 e. The van der Waals surface area contributed by atoms with Gasteiger partial charge in [-0.3, -0.25) is 14.5 Å². The highest BCUT2D eigenvalue weighted by molar-refractivity contribution is 5.76. The molecule has 7 nitrogen and oxygen atoms in total. The predicted molar refractivity (Wildman–Crippen MR) is 101 cm³/mol. The standard InChI is InChI=1S/C20H24N6O/c1-16-2-9-23-26(16)15-19(27)24-11-5-18(6-12-24)20-22-10-13-25(20)14-17-3-7-21-8-4-17/h2-4,7-10,13,18H,5-6,11-12,14-15H2,1H3. The molecule has 0 atom stereocenters. The molecular formula is C20H24N6O. The third-order valence-corrected chi connectivity index (χ3v) is 5.28. The molecule has 0 N–H and O–H groups in total. The summed E-state index contributed by atoms with van der Waals surface area (Å²) >= 11 is 0. The van der Waals surface area contributed by atoms with Gasteiger partial charge in [-0.15, -0.1) is 0 Å². The molecule has 3 aromatic heterocycles. The first kappa shape index (κ1) is 17.5. The number of imidazole rings is 1. The monoisotopic (exact) mass is 364 g/mol. The van der Waals surface area contributed by atoms with Crippen molar-refractivity contribution in [3.8, 4) is 0 Å². The summed E-state index contributed by atoms with van der Waals surface area (Å²) in [6, 6.07) is 5.98. The van der Waals surface area contributed by atoms with Crippen LogP contribution in [0.2, 0.25) is 0 Å². The van der Waals surface area contributed by atoms with Crippen molar-refractivity contribution in [1.82, 2.24) is 29.2 Å². The first-order valence-corrected chi connectivity index (χ1v) is 9.37. The maximum atomic E-state index is 12.6. The molecule has 0 radical (unpaired) electrons. The summed E-state index contributed by atoms with van der Waals surface area (Å²) in [7, 11) is 0. The molecule has 1 fully saturated rings. The number of nitrogens with zero attached hydrogens (tertiary/aromatic N) is 6. The lowest BCUT2D eigenvalue weighted by molar-refractivity contribution is -0.133. The molecule has 1 aliphatic heterocycles. The number of hydrogen-bond donors (Lipinski definition) is 0. The van der Waals surface area contributed by atoms with Crippen molar-refractivity contribution < 1.29 is 4.79 Å². The second-order valence-electron chi connectivity index (χ2n) is 7.05. The Bertz CT molecular complexity index is 892. The smallest absolute Gasteiger partial charge is 0.244 e. The molecule has 3 aromatic rings. The maximum Gasteiger partial charge on any atom is 0.244 e. The molecule has 0 bridgehead atoms. The average Bonchev–Trinajstić information content (AvgIpc) is 3.32. The van der Waals surface area contributed by atoms with Crippen LogP contribution in [0.5, 0.6) is 0 Å². The quantitative estimate of drug-likeness (QED) is 0.696. The van der Waals surface area contributed by atoms with E-state index in [1.165, 1.54) is 5.56 Å². The van der Waals surface area contributed by atoms with Gasteiger partial charge in [0.15, 0.2) is 0 Å². The third-order valence-electron chi connectivity index (χ3n) is 5.28. The zero-order valence-corrected chi connectivity index (χ0v) is 15.5. The first-order valence-electron chi connectivity index (χ1n) is 9.37. The number of rotatable bonds is 5. The molecule has 4 heterocycles. The van der Waals surface area contributed by atoms with Gasteiger partial charge < -0.3 is 9.47 Å². The van der Waals surface area contributed by atoms with E-state index in [0.29, 0.717) is 12.5 Å². The number of piperidine rings is 1. The molecule has 0 aromatic carbocycles. The van der Waals surface area contributed by atoms with Crippen molar-refractivity contribution >= 4 is 5.91 Å². The van der Waals surface area contributed by atoms with Crippen molar-refractivity contribution in [2.24, 2.45) is 0 Å². The highest BCUT2D eigenvalue weighted by atomic mass is 16.2. The fourth-order valence-corrected chi connectivity index (χ4v) is 3.68. The van der Waals surface area contributed by atoms with Crippen LogP contribution in [0.25, 0.3) is 0 Å². The lowest BCUT2D eigenvalue weighted by Crippen LogP contribution is -2.40. The Morgan fingerprint density at radius 3 is 2.59 bits per heavy atom. The van der Waals surface area contributed by atoms with E-state index >= 15 is 0 Å². The fraction of sp³-hybridized carbons (Fsp3) is 0.400. The van der Waals surface area contributed by atoms with E-state index in [4.69, 9.17) is 0 Å². The maximum absolute atomic E-state index is 12.6. The summed E-state index contributed by atoms with van der Waals surface area (Å²) in [5.74, 6) is 1.64.